The number of urea groups is 1. The molecule has 3 heterocycles. The number of carboxylic acids is 1. The van der Waals surface area contributed by atoms with E-state index in [1.54, 1.807) is 18.3 Å². The number of amides is 4. The van der Waals surface area contributed by atoms with E-state index in [2.05, 4.69) is 20.9 Å². The number of ether oxygens (including phenoxy) is 2. The Labute approximate surface area is 272 Å². The lowest BCUT2D eigenvalue weighted by molar-refractivity contribution is -0.139. The van der Waals surface area contributed by atoms with Crippen molar-refractivity contribution >= 4 is 52.1 Å². The number of hydrogen-bond acceptors (Lipinski definition) is 7. The molecule has 12 nitrogen and oxygen atoms in total. The highest BCUT2D eigenvalue weighted by Crippen LogP contribution is 2.40. The number of hydrogen-bond donors (Lipinski definition) is 4. The molecular weight excluding hydrogens is 602 g/mol. The number of aliphatic imine (C=N–C) groups is 1. The Hall–Kier alpha value is -5.39. The van der Waals surface area contributed by atoms with E-state index in [-0.39, 0.29) is 30.0 Å². The largest absolute Gasteiger partial charge is 0.493 e. The van der Waals surface area contributed by atoms with Crippen LogP contribution in [0.1, 0.15) is 49.3 Å². The summed E-state index contributed by atoms with van der Waals surface area (Å²) in [6.45, 7) is 4.65. The SMILES string of the molecule is CCC1CC=NC=C1CC(NC(=O)NCCCn1cc(C2=C(c3cc(C)c(OC)c(OC)c3)C(=O)NC2=O)c2ccccc21)C(=O)O. The number of imide groups is 1. The van der Waals surface area contributed by atoms with Gasteiger partial charge in [-0.05, 0) is 67.0 Å². The molecule has 2 unspecified atom stereocenters. The zero-order valence-corrected chi connectivity index (χ0v) is 26.9. The first-order valence-corrected chi connectivity index (χ1v) is 15.6. The van der Waals surface area contributed by atoms with Crippen LogP contribution in [-0.2, 0) is 20.9 Å². The number of nitrogens with zero attached hydrogens (tertiary/aromatic N) is 2. The van der Waals surface area contributed by atoms with E-state index in [1.807, 2.05) is 55.1 Å². The molecule has 2 atom stereocenters. The van der Waals surface area contributed by atoms with Gasteiger partial charge in [0, 0.05) is 54.6 Å². The number of fused-ring (bicyclic) bond motifs is 1. The van der Waals surface area contributed by atoms with Crippen LogP contribution in [0.5, 0.6) is 11.5 Å². The second-order valence-electron chi connectivity index (χ2n) is 11.5. The molecule has 0 saturated carbocycles. The third-order valence-corrected chi connectivity index (χ3v) is 8.60. The van der Waals surface area contributed by atoms with E-state index < -0.39 is 29.9 Å². The monoisotopic (exact) mass is 641 g/mol. The number of rotatable bonds is 13. The summed E-state index contributed by atoms with van der Waals surface area (Å²) in [5, 5.41) is 18.3. The lowest BCUT2D eigenvalue weighted by Crippen LogP contribution is -2.46. The zero-order valence-electron chi connectivity index (χ0n) is 26.9. The molecule has 0 fully saturated rings. The third-order valence-electron chi connectivity index (χ3n) is 8.60. The molecular formula is C35H39N5O7. The minimum absolute atomic E-state index is 0.188. The quantitative estimate of drug-likeness (QED) is 0.158. The van der Waals surface area contributed by atoms with Gasteiger partial charge in [0.1, 0.15) is 6.04 Å². The molecule has 0 spiro atoms. The van der Waals surface area contributed by atoms with E-state index in [9.17, 15) is 24.3 Å². The summed E-state index contributed by atoms with van der Waals surface area (Å²) < 4.78 is 12.9. The van der Waals surface area contributed by atoms with E-state index >= 15 is 0 Å². The van der Waals surface area contributed by atoms with Gasteiger partial charge in [0.15, 0.2) is 11.5 Å². The number of nitrogens with one attached hydrogen (secondary N) is 3. The maximum Gasteiger partial charge on any atom is 0.326 e. The molecule has 2 aromatic carbocycles. The zero-order chi connectivity index (χ0) is 33.7. The third kappa shape index (κ3) is 6.91. The molecule has 12 heteroatoms. The number of carbonyl (C=O) groups excluding carboxylic acids is 3. The van der Waals surface area contributed by atoms with Crippen molar-refractivity contribution in [1.82, 2.24) is 20.5 Å². The van der Waals surface area contributed by atoms with Crippen molar-refractivity contribution in [2.24, 2.45) is 10.9 Å². The van der Waals surface area contributed by atoms with Crippen molar-refractivity contribution < 1.29 is 33.8 Å². The van der Waals surface area contributed by atoms with Crippen LogP contribution in [0.2, 0.25) is 0 Å². The second-order valence-corrected chi connectivity index (χ2v) is 11.5. The first kappa shape index (κ1) is 33.0. The molecule has 2 aliphatic heterocycles. The fraction of sp³-hybridized carbons (Fsp3) is 0.343. The normalized spacial score (nSPS) is 16.6. The highest BCUT2D eigenvalue weighted by molar-refractivity contribution is 6.50. The van der Waals surface area contributed by atoms with Gasteiger partial charge in [0.2, 0.25) is 0 Å². The number of para-hydroxylation sites is 1. The van der Waals surface area contributed by atoms with Gasteiger partial charge in [-0.1, -0.05) is 25.1 Å². The fourth-order valence-electron chi connectivity index (χ4n) is 6.26. The Kier molecular flexibility index (Phi) is 10.1. The van der Waals surface area contributed by atoms with E-state index in [0.717, 1.165) is 34.9 Å². The van der Waals surface area contributed by atoms with Gasteiger partial charge in [0.25, 0.3) is 11.8 Å². The van der Waals surface area contributed by atoms with E-state index in [1.165, 1.54) is 14.2 Å². The Bertz CT molecular complexity index is 1820. The molecule has 0 radical (unpaired) electrons. The van der Waals surface area contributed by atoms with Crippen LogP contribution in [0.15, 0.2) is 59.4 Å². The minimum atomic E-state index is -1.11. The van der Waals surface area contributed by atoms with Gasteiger partial charge in [-0.3, -0.25) is 19.9 Å². The Morgan fingerprint density at radius 1 is 1.13 bits per heavy atom. The summed E-state index contributed by atoms with van der Waals surface area (Å²) in [7, 11) is 3.05. The van der Waals surface area contributed by atoms with Crippen LogP contribution < -0.4 is 25.4 Å². The van der Waals surface area contributed by atoms with Gasteiger partial charge in [-0.25, -0.2) is 9.59 Å². The first-order valence-electron chi connectivity index (χ1n) is 15.6. The number of carbonyl (C=O) groups is 4. The maximum absolute atomic E-state index is 13.3. The topological polar surface area (TPSA) is 160 Å². The smallest absolute Gasteiger partial charge is 0.326 e. The van der Waals surface area contributed by atoms with E-state index in [4.69, 9.17) is 9.47 Å². The molecule has 3 aromatic rings. The van der Waals surface area contributed by atoms with Crippen LogP contribution in [-0.4, -0.2) is 66.5 Å². The van der Waals surface area contributed by atoms with Crippen LogP contribution in [0.25, 0.3) is 22.0 Å². The molecule has 47 heavy (non-hydrogen) atoms. The summed E-state index contributed by atoms with van der Waals surface area (Å²) >= 11 is 0. The molecule has 246 valence electrons. The van der Waals surface area contributed by atoms with Crippen molar-refractivity contribution in [3.8, 4) is 11.5 Å². The first-order chi connectivity index (χ1) is 22.7. The molecule has 4 N–H and O–H groups in total. The second kappa shape index (κ2) is 14.4. The minimum Gasteiger partial charge on any atom is -0.493 e. The summed E-state index contributed by atoms with van der Waals surface area (Å²) in [5.74, 6) is -0.900. The standard InChI is InChI=1S/C35H39N5O7/c1-5-21-11-13-36-18-23(21)16-26(34(43)44)38-35(45)37-12-8-14-40-19-25(24-9-6-7-10-27(24)40)30-29(32(41)39-33(30)42)22-15-20(2)31(47-4)28(17-22)46-3/h6-7,9-10,13,15,17-19,21,26H,5,8,11-12,14,16H2,1-4H3,(H,43,44)(H2,37,38,45)(H,39,41,42). The summed E-state index contributed by atoms with van der Waals surface area (Å²) in [6, 6.07) is 9.43. The van der Waals surface area contributed by atoms with Crippen LogP contribution in [0.4, 0.5) is 4.79 Å². The summed E-state index contributed by atoms with van der Waals surface area (Å²) in [4.78, 5) is 55.1. The summed E-state index contributed by atoms with van der Waals surface area (Å²) in [5.41, 5.74) is 4.16. The van der Waals surface area contributed by atoms with Crippen LogP contribution >= 0.6 is 0 Å². The van der Waals surface area contributed by atoms with E-state index in [0.29, 0.717) is 35.6 Å². The van der Waals surface area contributed by atoms with Gasteiger partial charge in [-0.15, -0.1) is 0 Å². The van der Waals surface area contributed by atoms with Gasteiger partial charge in [-0.2, -0.15) is 0 Å². The van der Waals surface area contributed by atoms with Gasteiger partial charge in [0.05, 0.1) is 25.4 Å². The summed E-state index contributed by atoms with van der Waals surface area (Å²) in [6.07, 6.45) is 7.69. The molecule has 2 aliphatic rings. The lowest BCUT2D eigenvalue weighted by Gasteiger charge is -2.23. The predicted octanol–water partition coefficient (Wildman–Crippen LogP) is 4.45. The number of carboxylic acid groups (broad SMARTS) is 1. The van der Waals surface area contributed by atoms with Crippen LogP contribution in [0.3, 0.4) is 0 Å². The van der Waals surface area contributed by atoms with Crippen molar-refractivity contribution in [2.75, 3.05) is 20.8 Å². The highest BCUT2D eigenvalue weighted by Gasteiger charge is 2.34. The Morgan fingerprint density at radius 2 is 1.89 bits per heavy atom. The highest BCUT2D eigenvalue weighted by atomic mass is 16.5. The number of benzene rings is 2. The van der Waals surface area contributed by atoms with Crippen molar-refractivity contribution in [2.45, 2.75) is 52.1 Å². The molecule has 0 saturated heterocycles. The molecule has 4 amide bonds. The van der Waals surface area contributed by atoms with Crippen LogP contribution in [0, 0.1) is 12.8 Å². The number of methoxy groups -OCH3 is 2. The number of aryl methyl sites for hydroxylation is 2. The molecule has 0 bridgehead atoms. The Morgan fingerprint density at radius 3 is 2.62 bits per heavy atom. The number of aromatic nitrogens is 1. The lowest BCUT2D eigenvalue weighted by atomic mass is 9.88. The average Bonchev–Trinajstić information content (AvgIpc) is 3.57. The molecule has 1 aromatic heterocycles. The maximum atomic E-state index is 13.3. The van der Waals surface area contributed by atoms with Gasteiger partial charge >= 0.3 is 12.0 Å². The van der Waals surface area contributed by atoms with Gasteiger partial charge < -0.3 is 29.8 Å². The van der Waals surface area contributed by atoms with Crippen molar-refractivity contribution in [3.05, 3.63) is 71.1 Å². The predicted molar refractivity (Wildman–Crippen MR) is 178 cm³/mol. The number of aliphatic carboxylic acids is 1. The molecule has 0 aliphatic carbocycles. The molecule has 5 rings (SSSR count). The average molecular weight is 642 g/mol. The fourth-order valence-corrected chi connectivity index (χ4v) is 6.26. The Balaban J connectivity index is 1.33. The van der Waals surface area contributed by atoms with Crippen molar-refractivity contribution in [1.29, 1.82) is 0 Å². The van der Waals surface area contributed by atoms with Crippen molar-refractivity contribution in [3.63, 3.8) is 0 Å².